The SMILES string of the molecule is COC(=O)COc1cccc(/C=C2/C(=O)C(SC)=CC2(O)CCCCOc2ccccc2)c1. The zero-order valence-corrected chi connectivity index (χ0v) is 19.6. The molecule has 6 nitrogen and oxygen atoms in total. The Morgan fingerprint density at radius 2 is 1.82 bits per heavy atom. The number of esters is 1. The smallest absolute Gasteiger partial charge is 0.343 e. The number of rotatable bonds is 11. The number of methoxy groups -OCH3 is 1. The number of hydrogen-bond donors (Lipinski definition) is 1. The number of thioether (sulfide) groups is 1. The van der Waals surface area contributed by atoms with E-state index in [1.54, 1.807) is 30.4 Å². The van der Waals surface area contributed by atoms with E-state index < -0.39 is 11.6 Å². The molecule has 0 spiro atoms. The van der Waals surface area contributed by atoms with Crippen LogP contribution in [0.2, 0.25) is 0 Å². The second-order valence-electron chi connectivity index (χ2n) is 7.58. The van der Waals surface area contributed by atoms with Gasteiger partial charge in [-0.15, -0.1) is 11.8 Å². The van der Waals surface area contributed by atoms with Crippen molar-refractivity contribution in [3.8, 4) is 11.5 Å². The highest BCUT2D eigenvalue weighted by atomic mass is 32.2. The van der Waals surface area contributed by atoms with Gasteiger partial charge in [0.25, 0.3) is 0 Å². The summed E-state index contributed by atoms with van der Waals surface area (Å²) in [5.41, 5.74) is -0.311. The molecule has 1 unspecified atom stereocenters. The van der Waals surface area contributed by atoms with E-state index in [-0.39, 0.29) is 12.4 Å². The largest absolute Gasteiger partial charge is 0.494 e. The zero-order valence-electron chi connectivity index (χ0n) is 18.8. The van der Waals surface area contributed by atoms with E-state index in [0.717, 1.165) is 12.2 Å². The van der Waals surface area contributed by atoms with Gasteiger partial charge < -0.3 is 19.3 Å². The minimum atomic E-state index is -1.34. The van der Waals surface area contributed by atoms with Gasteiger partial charge >= 0.3 is 5.97 Å². The summed E-state index contributed by atoms with van der Waals surface area (Å²) in [6.45, 7) is 0.328. The summed E-state index contributed by atoms with van der Waals surface area (Å²) in [7, 11) is 1.29. The predicted molar refractivity (Wildman–Crippen MR) is 129 cm³/mol. The monoisotopic (exact) mass is 468 g/mol. The van der Waals surface area contributed by atoms with Crippen LogP contribution < -0.4 is 9.47 Å². The number of allylic oxidation sites excluding steroid dienone is 1. The molecule has 1 aliphatic carbocycles. The standard InChI is InChI=1S/C26H28O6S/c1-30-24(27)18-32-21-12-8-9-19(15-21)16-22-25(28)23(33-2)17-26(22,29)13-6-7-14-31-20-10-4-3-5-11-20/h3-5,8-12,15-17,29H,6-7,13-14,18H2,1-2H3/b22-16-. The number of unbranched alkanes of at least 4 members (excludes halogenated alkanes) is 1. The summed E-state index contributed by atoms with van der Waals surface area (Å²) < 4.78 is 15.7. The van der Waals surface area contributed by atoms with E-state index in [2.05, 4.69) is 4.74 Å². The minimum absolute atomic E-state index is 0.175. The Bertz CT molecular complexity index is 1030. The van der Waals surface area contributed by atoms with E-state index >= 15 is 0 Å². The second-order valence-corrected chi connectivity index (χ2v) is 8.43. The van der Waals surface area contributed by atoms with Crippen molar-refractivity contribution in [3.05, 3.63) is 76.7 Å². The molecule has 0 saturated carbocycles. The van der Waals surface area contributed by atoms with Crippen molar-refractivity contribution >= 4 is 29.6 Å². The van der Waals surface area contributed by atoms with Crippen LogP contribution in [-0.2, 0) is 14.3 Å². The van der Waals surface area contributed by atoms with Crippen LogP contribution in [0.3, 0.4) is 0 Å². The van der Waals surface area contributed by atoms with Crippen LogP contribution in [0.4, 0.5) is 0 Å². The lowest BCUT2D eigenvalue weighted by Crippen LogP contribution is -2.28. The first-order valence-electron chi connectivity index (χ1n) is 10.7. The predicted octanol–water partition coefficient (Wildman–Crippen LogP) is 4.43. The zero-order chi connectivity index (χ0) is 23.7. The van der Waals surface area contributed by atoms with Crippen LogP contribution in [0.5, 0.6) is 11.5 Å². The van der Waals surface area contributed by atoms with Gasteiger partial charge in [-0.2, -0.15) is 0 Å². The van der Waals surface area contributed by atoms with Gasteiger partial charge in [0.05, 0.1) is 18.6 Å². The van der Waals surface area contributed by atoms with Crippen LogP contribution in [0, 0.1) is 0 Å². The fourth-order valence-corrected chi connectivity index (χ4v) is 4.11. The van der Waals surface area contributed by atoms with Gasteiger partial charge in [0.1, 0.15) is 17.1 Å². The van der Waals surface area contributed by atoms with Crippen molar-refractivity contribution in [2.24, 2.45) is 0 Å². The maximum atomic E-state index is 12.9. The first-order valence-corrected chi connectivity index (χ1v) is 11.9. The van der Waals surface area contributed by atoms with Crippen molar-refractivity contribution < 1.29 is 28.9 Å². The summed E-state index contributed by atoms with van der Waals surface area (Å²) in [4.78, 5) is 24.8. The molecule has 0 fully saturated rings. The number of Topliss-reactive ketones (excluding diaryl/α,β-unsaturated/α-hetero) is 1. The molecule has 0 heterocycles. The molecular weight excluding hydrogens is 440 g/mol. The highest BCUT2D eigenvalue weighted by Gasteiger charge is 2.41. The Kier molecular flexibility index (Phi) is 8.74. The maximum Gasteiger partial charge on any atom is 0.343 e. The molecule has 7 heteroatoms. The van der Waals surface area contributed by atoms with Crippen LogP contribution in [0.1, 0.15) is 24.8 Å². The Hall–Kier alpha value is -3.03. The number of para-hydroxylation sites is 1. The first-order chi connectivity index (χ1) is 15.9. The summed E-state index contributed by atoms with van der Waals surface area (Å²) >= 11 is 1.33. The first kappa shape index (κ1) is 24.6. The summed E-state index contributed by atoms with van der Waals surface area (Å²) in [6, 6.07) is 16.6. The number of hydrogen-bond acceptors (Lipinski definition) is 7. The van der Waals surface area contributed by atoms with Crippen molar-refractivity contribution in [1.29, 1.82) is 0 Å². The summed E-state index contributed by atoms with van der Waals surface area (Å²) in [5, 5.41) is 11.4. The Labute approximate surface area is 198 Å². The van der Waals surface area contributed by atoms with Crippen LogP contribution in [0.15, 0.2) is 71.2 Å². The topological polar surface area (TPSA) is 82.1 Å². The van der Waals surface area contributed by atoms with Crippen LogP contribution >= 0.6 is 11.8 Å². The molecule has 2 aromatic carbocycles. The van der Waals surface area contributed by atoms with Crippen LogP contribution in [0.25, 0.3) is 6.08 Å². The Balaban J connectivity index is 1.68. The third kappa shape index (κ3) is 6.73. The molecule has 1 atom stereocenters. The van der Waals surface area contributed by atoms with E-state index in [1.165, 1.54) is 18.9 Å². The fourth-order valence-electron chi connectivity index (χ4n) is 3.50. The lowest BCUT2D eigenvalue weighted by molar-refractivity contribution is -0.142. The molecule has 1 aliphatic rings. The summed E-state index contributed by atoms with van der Waals surface area (Å²) in [5.74, 6) is 0.627. The number of ketones is 1. The molecule has 2 aromatic rings. The molecule has 1 N–H and O–H groups in total. The van der Waals surface area contributed by atoms with E-state index in [0.29, 0.717) is 41.2 Å². The average molecular weight is 469 g/mol. The molecular formula is C26H28O6S. The molecule has 33 heavy (non-hydrogen) atoms. The van der Waals surface area contributed by atoms with Gasteiger partial charge in [0.2, 0.25) is 0 Å². The van der Waals surface area contributed by atoms with Gasteiger partial charge in [-0.3, -0.25) is 4.79 Å². The summed E-state index contributed by atoms with van der Waals surface area (Å²) in [6.07, 6.45) is 7.01. The molecule has 0 amide bonds. The van der Waals surface area contributed by atoms with Gasteiger partial charge in [-0.25, -0.2) is 4.79 Å². The number of carbonyl (C=O) groups excluding carboxylic acids is 2. The third-order valence-corrected chi connectivity index (χ3v) is 5.99. The van der Waals surface area contributed by atoms with Gasteiger partial charge in [-0.05, 0) is 67.5 Å². The molecule has 0 aliphatic heterocycles. The van der Waals surface area contributed by atoms with Crippen molar-refractivity contribution in [3.63, 3.8) is 0 Å². The van der Waals surface area contributed by atoms with Gasteiger partial charge in [0, 0.05) is 5.57 Å². The maximum absolute atomic E-state index is 12.9. The average Bonchev–Trinajstić information content (AvgIpc) is 3.08. The molecule has 0 aromatic heterocycles. The lowest BCUT2D eigenvalue weighted by Gasteiger charge is -2.22. The lowest BCUT2D eigenvalue weighted by atomic mass is 9.89. The Morgan fingerprint density at radius 3 is 2.55 bits per heavy atom. The highest BCUT2D eigenvalue weighted by Crippen LogP contribution is 2.39. The number of carbonyl (C=O) groups is 2. The molecule has 174 valence electrons. The van der Waals surface area contributed by atoms with Crippen molar-refractivity contribution in [1.82, 2.24) is 0 Å². The van der Waals surface area contributed by atoms with Crippen molar-refractivity contribution in [2.45, 2.75) is 24.9 Å². The third-order valence-electron chi connectivity index (χ3n) is 5.24. The van der Waals surface area contributed by atoms with Crippen LogP contribution in [-0.4, -0.2) is 49.0 Å². The number of ether oxygens (including phenoxy) is 3. The van der Waals surface area contributed by atoms with E-state index in [4.69, 9.17) is 9.47 Å². The van der Waals surface area contributed by atoms with Gasteiger partial charge in [0.15, 0.2) is 12.4 Å². The minimum Gasteiger partial charge on any atom is -0.494 e. The number of aliphatic hydroxyl groups is 1. The molecule has 0 saturated heterocycles. The highest BCUT2D eigenvalue weighted by molar-refractivity contribution is 8.03. The second kappa shape index (κ2) is 11.7. The van der Waals surface area contributed by atoms with Gasteiger partial charge in [-0.1, -0.05) is 30.3 Å². The van der Waals surface area contributed by atoms with Crippen molar-refractivity contribution in [2.75, 3.05) is 26.6 Å². The Morgan fingerprint density at radius 1 is 1.06 bits per heavy atom. The molecule has 3 rings (SSSR count). The molecule has 0 bridgehead atoms. The van der Waals surface area contributed by atoms with E-state index in [1.807, 2.05) is 42.7 Å². The van der Waals surface area contributed by atoms with E-state index in [9.17, 15) is 14.7 Å². The fraction of sp³-hybridized carbons (Fsp3) is 0.308. The molecule has 0 radical (unpaired) electrons. The quantitative estimate of drug-likeness (QED) is 0.297. The number of benzene rings is 2. The normalized spacial score (nSPS) is 18.8.